The molecule has 0 atom stereocenters. The molecule has 0 saturated heterocycles. The highest BCUT2D eigenvalue weighted by Crippen LogP contribution is 2.27. The molecule has 0 aliphatic heterocycles. The summed E-state index contributed by atoms with van der Waals surface area (Å²) >= 11 is 0. The summed E-state index contributed by atoms with van der Waals surface area (Å²) in [5.74, 6) is -0.250. The van der Waals surface area contributed by atoms with Crippen molar-refractivity contribution < 1.29 is 14.5 Å². The summed E-state index contributed by atoms with van der Waals surface area (Å²) in [6.45, 7) is 0.500. The summed E-state index contributed by atoms with van der Waals surface area (Å²) in [4.78, 5) is 15.6. The number of hydrogen-bond acceptors (Lipinski definition) is 3. The molecule has 0 unspecified atom stereocenters. The van der Waals surface area contributed by atoms with Crippen molar-refractivity contribution >= 4 is 12.1 Å². The number of carbonyl (C=O) groups is 1. The van der Waals surface area contributed by atoms with Crippen LogP contribution in [0.15, 0.2) is 96.4 Å². The molecule has 4 rings (SSSR count). The third-order valence-electron chi connectivity index (χ3n) is 4.86. The highest BCUT2D eigenvalue weighted by Gasteiger charge is 2.21. The Morgan fingerprint density at radius 2 is 1.58 bits per heavy atom. The number of amides is 1. The van der Waals surface area contributed by atoms with Gasteiger partial charge in [0.1, 0.15) is 0 Å². The fourth-order valence-electron chi connectivity index (χ4n) is 3.34. The molecule has 1 heterocycles. The highest BCUT2D eigenvalue weighted by molar-refractivity contribution is 5.82. The van der Waals surface area contributed by atoms with Gasteiger partial charge in [0.25, 0.3) is 0 Å². The SMILES string of the molecule is O=C(CC[n+]1c[nH]c(-c2ccccc2)c1-c1ccccc1)N/N=C/c1ccc([O-])cc1. The van der Waals surface area contributed by atoms with Crippen LogP contribution in [0.25, 0.3) is 22.5 Å². The van der Waals surface area contributed by atoms with E-state index >= 15 is 0 Å². The molecule has 154 valence electrons. The van der Waals surface area contributed by atoms with Crippen LogP contribution in [0.5, 0.6) is 5.75 Å². The molecular weight excluding hydrogens is 388 g/mol. The number of aromatic nitrogens is 2. The number of aromatic amines is 1. The first-order valence-corrected chi connectivity index (χ1v) is 10.0. The fraction of sp³-hybridized carbons (Fsp3) is 0.0800. The molecule has 1 amide bonds. The maximum atomic E-state index is 12.3. The number of nitrogens with one attached hydrogen (secondary N) is 2. The van der Waals surface area contributed by atoms with Gasteiger partial charge in [0, 0.05) is 11.1 Å². The number of H-pyrrole nitrogens is 1. The van der Waals surface area contributed by atoms with Gasteiger partial charge in [-0.3, -0.25) is 4.79 Å². The first-order chi connectivity index (χ1) is 15.2. The summed E-state index contributed by atoms with van der Waals surface area (Å²) in [5, 5.41) is 15.1. The zero-order valence-electron chi connectivity index (χ0n) is 16.9. The molecular formula is C25H22N4O2. The predicted molar refractivity (Wildman–Crippen MR) is 118 cm³/mol. The van der Waals surface area contributed by atoms with Gasteiger partial charge < -0.3 is 5.11 Å². The van der Waals surface area contributed by atoms with Crippen molar-refractivity contribution in [2.75, 3.05) is 0 Å². The maximum Gasteiger partial charge on any atom is 0.244 e. The van der Waals surface area contributed by atoms with E-state index in [9.17, 15) is 9.90 Å². The van der Waals surface area contributed by atoms with E-state index in [-0.39, 0.29) is 18.1 Å². The first-order valence-electron chi connectivity index (χ1n) is 10.0. The molecule has 0 aliphatic carbocycles. The number of imidazole rings is 1. The first kappa shape index (κ1) is 20.1. The summed E-state index contributed by atoms with van der Waals surface area (Å²) in [6, 6.07) is 26.5. The van der Waals surface area contributed by atoms with Crippen LogP contribution < -0.4 is 15.1 Å². The van der Waals surface area contributed by atoms with E-state index in [1.54, 1.807) is 12.1 Å². The van der Waals surface area contributed by atoms with Gasteiger partial charge in [-0.2, -0.15) is 5.10 Å². The Bertz CT molecular complexity index is 1170. The van der Waals surface area contributed by atoms with Gasteiger partial charge >= 0.3 is 0 Å². The Labute approximate surface area is 180 Å². The van der Waals surface area contributed by atoms with E-state index in [0.717, 1.165) is 28.1 Å². The summed E-state index contributed by atoms with van der Waals surface area (Å²) < 4.78 is 2.05. The molecule has 0 fully saturated rings. The Morgan fingerprint density at radius 3 is 2.26 bits per heavy atom. The van der Waals surface area contributed by atoms with Gasteiger partial charge in [-0.25, -0.2) is 15.0 Å². The molecule has 1 aromatic heterocycles. The van der Waals surface area contributed by atoms with E-state index in [4.69, 9.17) is 0 Å². The van der Waals surface area contributed by atoms with Crippen molar-refractivity contribution in [1.29, 1.82) is 0 Å². The van der Waals surface area contributed by atoms with Crippen LogP contribution in [0, 0.1) is 0 Å². The second-order valence-electron chi connectivity index (χ2n) is 7.03. The zero-order valence-corrected chi connectivity index (χ0v) is 16.9. The van der Waals surface area contributed by atoms with Crippen LogP contribution in [0.4, 0.5) is 0 Å². The van der Waals surface area contributed by atoms with E-state index in [0.29, 0.717) is 6.54 Å². The topological polar surface area (TPSA) is 84.2 Å². The Balaban J connectivity index is 1.47. The van der Waals surface area contributed by atoms with Crippen LogP contribution in [0.2, 0.25) is 0 Å². The lowest BCUT2D eigenvalue weighted by Crippen LogP contribution is -2.36. The summed E-state index contributed by atoms with van der Waals surface area (Å²) in [5.41, 5.74) is 7.48. The largest absolute Gasteiger partial charge is 0.872 e. The molecule has 0 aliphatic rings. The monoisotopic (exact) mass is 410 g/mol. The lowest BCUT2D eigenvalue weighted by atomic mass is 10.0. The van der Waals surface area contributed by atoms with Crippen LogP contribution in [-0.2, 0) is 11.3 Å². The van der Waals surface area contributed by atoms with Gasteiger partial charge in [0.2, 0.25) is 12.2 Å². The second kappa shape index (κ2) is 9.54. The van der Waals surface area contributed by atoms with E-state index in [2.05, 4.69) is 39.8 Å². The Kier molecular flexibility index (Phi) is 6.18. The standard InChI is InChI=1S/C25H22N4O2/c30-22-13-11-19(12-14-22)17-27-28-23(31)15-16-29-18-26-24(20-7-3-1-4-8-20)25(29)21-9-5-2-6-10-21/h1-14,17-18H,15-16H2,(H2,27,28,30,31). The average molecular weight is 410 g/mol. The molecule has 0 radical (unpaired) electrons. The minimum absolute atomic E-state index is 0.0613. The third kappa shape index (κ3) is 5.05. The number of rotatable bonds is 7. The van der Waals surface area contributed by atoms with Crippen molar-refractivity contribution in [3.8, 4) is 28.3 Å². The molecule has 0 bridgehead atoms. The fourth-order valence-corrected chi connectivity index (χ4v) is 3.34. The zero-order chi connectivity index (χ0) is 21.5. The minimum atomic E-state index is -0.189. The number of benzene rings is 3. The van der Waals surface area contributed by atoms with Gasteiger partial charge in [0.15, 0.2) is 11.4 Å². The van der Waals surface area contributed by atoms with Crippen molar-refractivity contribution in [1.82, 2.24) is 10.4 Å². The van der Waals surface area contributed by atoms with Crippen molar-refractivity contribution in [3.05, 3.63) is 96.8 Å². The molecule has 3 aromatic carbocycles. The number of aryl methyl sites for hydroxylation is 1. The smallest absolute Gasteiger partial charge is 0.244 e. The molecule has 6 nitrogen and oxygen atoms in total. The normalized spacial score (nSPS) is 11.0. The van der Waals surface area contributed by atoms with Crippen LogP contribution in [0.3, 0.4) is 0 Å². The summed E-state index contributed by atoms with van der Waals surface area (Å²) in [6.07, 6.45) is 3.68. The number of hydrogen-bond donors (Lipinski definition) is 2. The van der Waals surface area contributed by atoms with Gasteiger partial charge in [-0.15, -0.1) is 5.75 Å². The lowest BCUT2D eigenvalue weighted by molar-refractivity contribution is -0.683. The van der Waals surface area contributed by atoms with Crippen molar-refractivity contribution in [2.45, 2.75) is 13.0 Å². The van der Waals surface area contributed by atoms with Crippen LogP contribution in [-0.4, -0.2) is 17.1 Å². The maximum absolute atomic E-state index is 12.3. The number of carbonyl (C=O) groups excluding carboxylic acids is 1. The average Bonchev–Trinajstić information content (AvgIpc) is 3.24. The summed E-state index contributed by atoms with van der Waals surface area (Å²) in [7, 11) is 0. The van der Waals surface area contributed by atoms with E-state index in [1.807, 2.05) is 47.3 Å². The Morgan fingerprint density at radius 1 is 0.935 bits per heavy atom. The Hall–Kier alpha value is -4.19. The predicted octanol–water partition coefficient (Wildman–Crippen LogP) is 3.25. The molecule has 2 N–H and O–H groups in total. The quantitative estimate of drug-likeness (QED) is 0.278. The molecule has 31 heavy (non-hydrogen) atoms. The number of nitrogens with zero attached hydrogens (tertiary/aromatic N) is 2. The molecule has 6 heteroatoms. The van der Waals surface area contributed by atoms with E-state index < -0.39 is 0 Å². The molecule has 4 aromatic rings. The van der Waals surface area contributed by atoms with Gasteiger partial charge in [-0.05, 0) is 5.56 Å². The van der Waals surface area contributed by atoms with E-state index in [1.165, 1.54) is 18.3 Å². The van der Waals surface area contributed by atoms with Gasteiger partial charge in [0.05, 0.1) is 19.2 Å². The molecule has 0 saturated carbocycles. The molecule has 0 spiro atoms. The van der Waals surface area contributed by atoms with Crippen LogP contribution in [0.1, 0.15) is 12.0 Å². The minimum Gasteiger partial charge on any atom is -0.872 e. The third-order valence-corrected chi connectivity index (χ3v) is 4.86. The number of hydrazone groups is 1. The second-order valence-corrected chi connectivity index (χ2v) is 7.03. The highest BCUT2D eigenvalue weighted by atomic mass is 16.3. The van der Waals surface area contributed by atoms with Crippen LogP contribution >= 0.6 is 0 Å². The van der Waals surface area contributed by atoms with Crippen molar-refractivity contribution in [2.24, 2.45) is 5.10 Å². The van der Waals surface area contributed by atoms with Gasteiger partial charge in [-0.1, -0.05) is 84.9 Å². The van der Waals surface area contributed by atoms with Crippen molar-refractivity contribution in [3.63, 3.8) is 0 Å². The lowest BCUT2D eigenvalue weighted by Gasteiger charge is -2.05.